The normalized spacial score (nSPS) is 11.3. The quantitative estimate of drug-likeness (QED) is 0.157. The summed E-state index contributed by atoms with van der Waals surface area (Å²) in [6, 6.07) is 40.2. The Morgan fingerprint density at radius 1 is 0.750 bits per heavy atom. The van der Waals surface area contributed by atoms with Crippen LogP contribution in [0.5, 0.6) is 0 Å². The molecule has 0 unspecified atom stereocenters. The van der Waals surface area contributed by atoms with E-state index in [1.807, 2.05) is 42.7 Å². The van der Waals surface area contributed by atoms with Gasteiger partial charge in [0.2, 0.25) is 0 Å². The number of para-hydroxylation sites is 1. The van der Waals surface area contributed by atoms with Gasteiger partial charge in [-0.2, -0.15) is 0 Å². The van der Waals surface area contributed by atoms with Crippen LogP contribution >= 0.6 is 0 Å². The van der Waals surface area contributed by atoms with Crippen LogP contribution in [0.2, 0.25) is 0 Å². The maximum atomic E-state index is 6.26. The van der Waals surface area contributed by atoms with Gasteiger partial charge in [0.05, 0.1) is 5.58 Å². The fraction of sp³-hybridized carbons (Fsp3) is 0.227. The van der Waals surface area contributed by atoms with Gasteiger partial charge < -0.3 is 14.4 Å². The van der Waals surface area contributed by atoms with E-state index in [2.05, 4.69) is 137 Å². The fourth-order valence-electron chi connectivity index (χ4n) is 6.13. The van der Waals surface area contributed by atoms with Crippen molar-refractivity contribution < 1.29 is 24.5 Å². The second-order valence-corrected chi connectivity index (χ2v) is 13.4. The Labute approximate surface area is 298 Å². The fourth-order valence-corrected chi connectivity index (χ4v) is 6.13. The standard InChI is InChI=1S/C27H22NO.C17H20N.Ir/c1-18-13-14-21(26-25(18)22-11-7-8-12-24(22)29-26)23-17-20(15-16-28-23)27(2,3)19-9-5-4-6-10-19;1-12(2)9-16-10-17(18-11-14(16)4)15-7-5-13(3)6-8-15;/h4-13,15-17H,1-3H3;5-7,10-12H,9H2,1-4H3;/q2*-1;. The number of hydrogen-bond donors (Lipinski definition) is 0. The van der Waals surface area contributed by atoms with E-state index in [0.29, 0.717) is 5.92 Å². The molecule has 0 aliphatic heterocycles. The zero-order chi connectivity index (χ0) is 33.1. The van der Waals surface area contributed by atoms with Gasteiger partial charge in [0.25, 0.3) is 0 Å². The van der Waals surface area contributed by atoms with E-state index < -0.39 is 0 Å². The smallest absolute Gasteiger partial charge is 0.120 e. The van der Waals surface area contributed by atoms with Gasteiger partial charge >= 0.3 is 0 Å². The molecule has 3 aromatic heterocycles. The second-order valence-electron chi connectivity index (χ2n) is 13.4. The zero-order valence-electron chi connectivity index (χ0n) is 28.8. The molecule has 0 bridgehead atoms. The Hall–Kier alpha value is -4.37. The van der Waals surface area contributed by atoms with Crippen molar-refractivity contribution in [2.75, 3.05) is 0 Å². The first-order chi connectivity index (χ1) is 22.6. The SMILES string of the molecule is Cc1c[c-]c(-c2cc(C(C)(C)c3ccccc3)ccn2)c2oc3ccccc3c12.Cc1c[c-]c(-c2cc(CC(C)C)c(C)cn2)cc1.[Ir]. The third-order valence-electron chi connectivity index (χ3n) is 8.97. The molecule has 4 heteroatoms. The Morgan fingerprint density at radius 2 is 1.50 bits per heavy atom. The van der Waals surface area contributed by atoms with Crippen LogP contribution in [0.4, 0.5) is 0 Å². The van der Waals surface area contributed by atoms with Gasteiger partial charge in [0.1, 0.15) is 5.58 Å². The van der Waals surface area contributed by atoms with E-state index in [0.717, 1.165) is 56.4 Å². The van der Waals surface area contributed by atoms with Crippen LogP contribution in [0, 0.1) is 38.8 Å². The van der Waals surface area contributed by atoms with Gasteiger partial charge in [-0.25, -0.2) is 0 Å². The molecule has 48 heavy (non-hydrogen) atoms. The van der Waals surface area contributed by atoms with Gasteiger partial charge in [-0.05, 0) is 59.5 Å². The summed E-state index contributed by atoms with van der Waals surface area (Å²) in [5, 5.41) is 2.28. The number of fused-ring (bicyclic) bond motifs is 3. The van der Waals surface area contributed by atoms with Crippen LogP contribution in [0.15, 0.2) is 114 Å². The van der Waals surface area contributed by atoms with Crippen molar-refractivity contribution in [2.45, 2.75) is 60.3 Å². The molecule has 4 aromatic carbocycles. The number of hydrogen-bond acceptors (Lipinski definition) is 3. The van der Waals surface area contributed by atoms with E-state index in [1.165, 1.54) is 27.8 Å². The molecule has 1 radical (unpaired) electrons. The summed E-state index contributed by atoms with van der Waals surface area (Å²) in [6.07, 6.45) is 4.96. The van der Waals surface area contributed by atoms with Crippen molar-refractivity contribution in [3.63, 3.8) is 0 Å². The van der Waals surface area contributed by atoms with Gasteiger partial charge in [0.15, 0.2) is 0 Å². The molecular weight excluding hydrogens is 765 g/mol. The van der Waals surface area contributed by atoms with Crippen LogP contribution in [-0.4, -0.2) is 9.97 Å². The van der Waals surface area contributed by atoms with Crippen LogP contribution < -0.4 is 0 Å². The van der Waals surface area contributed by atoms with Crippen molar-refractivity contribution in [1.29, 1.82) is 0 Å². The number of furan rings is 1. The molecule has 0 saturated carbocycles. The molecule has 7 aromatic rings. The first-order valence-electron chi connectivity index (χ1n) is 16.4. The topological polar surface area (TPSA) is 38.9 Å². The summed E-state index contributed by atoms with van der Waals surface area (Å²) in [5.41, 5.74) is 13.1. The number of nitrogens with zero attached hydrogens (tertiary/aromatic N) is 2. The minimum atomic E-state index is -0.128. The Balaban J connectivity index is 0.000000205. The van der Waals surface area contributed by atoms with Crippen molar-refractivity contribution in [3.8, 4) is 22.5 Å². The molecule has 7 rings (SSSR count). The molecule has 0 N–H and O–H groups in total. The summed E-state index contributed by atoms with van der Waals surface area (Å²) in [5.74, 6) is 0.668. The van der Waals surface area contributed by atoms with Crippen molar-refractivity contribution in [3.05, 3.63) is 155 Å². The van der Waals surface area contributed by atoms with E-state index in [9.17, 15) is 0 Å². The molecular formula is C44H42IrN2O-2. The number of aryl methyl sites for hydroxylation is 3. The summed E-state index contributed by atoms with van der Waals surface area (Å²) >= 11 is 0. The van der Waals surface area contributed by atoms with Crippen LogP contribution in [0.3, 0.4) is 0 Å². The summed E-state index contributed by atoms with van der Waals surface area (Å²) in [6.45, 7) is 15.3. The van der Waals surface area contributed by atoms with E-state index >= 15 is 0 Å². The molecule has 3 nitrogen and oxygen atoms in total. The number of pyridine rings is 2. The predicted octanol–water partition coefficient (Wildman–Crippen LogP) is 11.4. The first-order valence-corrected chi connectivity index (χ1v) is 16.4. The number of aromatic nitrogens is 2. The van der Waals surface area contributed by atoms with Gasteiger partial charge in [-0.1, -0.05) is 119 Å². The Morgan fingerprint density at radius 3 is 2.23 bits per heavy atom. The summed E-state index contributed by atoms with van der Waals surface area (Å²) < 4.78 is 6.26. The van der Waals surface area contributed by atoms with Crippen LogP contribution in [0.25, 0.3) is 44.5 Å². The molecule has 0 aliphatic rings. The Bertz CT molecular complexity index is 2140. The van der Waals surface area contributed by atoms with Gasteiger partial charge in [-0.15, -0.1) is 53.1 Å². The van der Waals surface area contributed by atoms with Crippen molar-refractivity contribution in [1.82, 2.24) is 9.97 Å². The first kappa shape index (κ1) is 34.9. The molecule has 0 fully saturated rings. The van der Waals surface area contributed by atoms with Crippen LogP contribution in [-0.2, 0) is 31.9 Å². The molecule has 0 amide bonds. The van der Waals surface area contributed by atoms with Gasteiger partial charge in [-0.3, -0.25) is 0 Å². The number of benzene rings is 4. The Kier molecular flexibility index (Phi) is 10.8. The minimum absolute atomic E-state index is 0. The molecule has 0 spiro atoms. The molecule has 0 aliphatic carbocycles. The summed E-state index contributed by atoms with van der Waals surface area (Å²) in [7, 11) is 0. The van der Waals surface area contributed by atoms with Crippen molar-refractivity contribution >= 4 is 21.9 Å². The summed E-state index contributed by atoms with van der Waals surface area (Å²) in [4.78, 5) is 9.19. The van der Waals surface area contributed by atoms with Gasteiger partial charge in [0, 0.05) is 43.3 Å². The predicted molar refractivity (Wildman–Crippen MR) is 196 cm³/mol. The van der Waals surface area contributed by atoms with E-state index in [4.69, 9.17) is 4.42 Å². The largest absolute Gasteiger partial charge is 0.501 e. The maximum absolute atomic E-state index is 6.26. The van der Waals surface area contributed by atoms with Crippen molar-refractivity contribution in [2.24, 2.45) is 5.92 Å². The minimum Gasteiger partial charge on any atom is -0.501 e. The van der Waals surface area contributed by atoms with E-state index in [-0.39, 0.29) is 25.5 Å². The average molecular weight is 807 g/mol. The average Bonchev–Trinajstić information content (AvgIpc) is 3.47. The van der Waals surface area contributed by atoms with Crippen LogP contribution in [0.1, 0.15) is 61.1 Å². The third-order valence-corrected chi connectivity index (χ3v) is 8.97. The maximum Gasteiger partial charge on any atom is 0.120 e. The molecule has 245 valence electrons. The molecule has 0 atom stereocenters. The monoisotopic (exact) mass is 807 g/mol. The third kappa shape index (κ3) is 7.36. The molecule has 3 heterocycles. The zero-order valence-corrected chi connectivity index (χ0v) is 31.2. The second kappa shape index (κ2) is 14.8. The molecule has 0 saturated heterocycles. The number of rotatable bonds is 6. The van der Waals surface area contributed by atoms with E-state index in [1.54, 1.807) is 0 Å².